The molecular formula is C14H13BrO5. The number of halogens is 1. The number of hydrogen-bond donors (Lipinski definition) is 1. The largest absolute Gasteiger partial charge is 0.493 e. The van der Waals surface area contributed by atoms with Crippen molar-refractivity contribution in [2.45, 2.75) is 13.5 Å². The Hall–Kier alpha value is -1.95. The molecule has 0 atom stereocenters. The van der Waals surface area contributed by atoms with E-state index < -0.39 is 5.97 Å². The monoisotopic (exact) mass is 340 g/mol. The summed E-state index contributed by atoms with van der Waals surface area (Å²) >= 11 is 3.37. The minimum Gasteiger partial charge on any atom is -0.493 e. The molecule has 1 heterocycles. The lowest BCUT2D eigenvalue weighted by atomic mass is 10.2. The van der Waals surface area contributed by atoms with Crippen LogP contribution in [0.1, 0.15) is 21.9 Å². The van der Waals surface area contributed by atoms with Gasteiger partial charge < -0.3 is 19.0 Å². The highest BCUT2D eigenvalue weighted by Crippen LogP contribution is 2.35. The highest BCUT2D eigenvalue weighted by Gasteiger charge is 2.15. The first-order valence-electron chi connectivity index (χ1n) is 5.81. The van der Waals surface area contributed by atoms with Gasteiger partial charge >= 0.3 is 5.97 Å². The molecule has 2 aromatic rings. The summed E-state index contributed by atoms with van der Waals surface area (Å²) in [5.74, 6) is 0.412. The van der Waals surface area contributed by atoms with E-state index >= 15 is 0 Å². The zero-order valence-corrected chi connectivity index (χ0v) is 12.6. The predicted octanol–water partition coefficient (Wildman–Crippen LogP) is 3.64. The molecule has 0 amide bonds. The van der Waals surface area contributed by atoms with Crippen LogP contribution in [0.4, 0.5) is 0 Å². The molecular weight excluding hydrogens is 328 g/mol. The molecule has 0 unspecified atom stereocenters. The number of carboxylic acid groups (broad SMARTS) is 1. The van der Waals surface area contributed by atoms with E-state index in [0.29, 0.717) is 22.8 Å². The summed E-state index contributed by atoms with van der Waals surface area (Å²) in [5.41, 5.74) is 0.565. The average Bonchev–Trinajstić information content (AvgIpc) is 2.78. The lowest BCUT2D eigenvalue weighted by molar-refractivity contribution is 0.0657. The molecule has 20 heavy (non-hydrogen) atoms. The molecule has 5 nitrogen and oxygen atoms in total. The van der Waals surface area contributed by atoms with Crippen molar-refractivity contribution in [3.63, 3.8) is 0 Å². The average molecular weight is 341 g/mol. The van der Waals surface area contributed by atoms with E-state index in [1.807, 2.05) is 12.1 Å². The smallest absolute Gasteiger partial charge is 0.372 e. The van der Waals surface area contributed by atoms with Crippen molar-refractivity contribution in [2.24, 2.45) is 0 Å². The Morgan fingerprint density at radius 3 is 2.80 bits per heavy atom. The molecule has 0 bridgehead atoms. The van der Waals surface area contributed by atoms with Gasteiger partial charge in [0.1, 0.15) is 12.4 Å². The van der Waals surface area contributed by atoms with Crippen LogP contribution in [0.25, 0.3) is 0 Å². The zero-order chi connectivity index (χ0) is 14.7. The Balaban J connectivity index is 2.17. The summed E-state index contributed by atoms with van der Waals surface area (Å²) in [6.45, 7) is 1.79. The number of hydrogen-bond acceptors (Lipinski definition) is 4. The van der Waals surface area contributed by atoms with Gasteiger partial charge in [-0.2, -0.15) is 0 Å². The third-order valence-electron chi connectivity index (χ3n) is 2.67. The van der Waals surface area contributed by atoms with Gasteiger partial charge in [-0.25, -0.2) is 4.79 Å². The van der Waals surface area contributed by atoms with Gasteiger partial charge in [-0.05, 0) is 41.1 Å². The maximum absolute atomic E-state index is 10.9. The van der Waals surface area contributed by atoms with Gasteiger partial charge in [0.2, 0.25) is 5.76 Å². The van der Waals surface area contributed by atoms with Gasteiger partial charge in [-0.1, -0.05) is 6.07 Å². The fourth-order valence-electron chi connectivity index (χ4n) is 1.76. The Kier molecular flexibility index (Phi) is 4.34. The predicted molar refractivity (Wildman–Crippen MR) is 75.4 cm³/mol. The van der Waals surface area contributed by atoms with E-state index in [-0.39, 0.29) is 12.4 Å². The van der Waals surface area contributed by atoms with Crippen molar-refractivity contribution in [3.05, 3.63) is 45.8 Å². The molecule has 0 spiro atoms. The van der Waals surface area contributed by atoms with Crippen LogP contribution in [0.3, 0.4) is 0 Å². The summed E-state index contributed by atoms with van der Waals surface area (Å²) < 4.78 is 16.8. The number of para-hydroxylation sites is 1. The number of aryl methyl sites for hydroxylation is 1. The molecule has 1 N–H and O–H groups in total. The fourth-order valence-corrected chi connectivity index (χ4v) is 2.23. The van der Waals surface area contributed by atoms with Gasteiger partial charge in [0.05, 0.1) is 11.6 Å². The fraction of sp³-hybridized carbons (Fsp3) is 0.214. The number of carboxylic acids is 1. The molecule has 0 fully saturated rings. The lowest BCUT2D eigenvalue weighted by Gasteiger charge is -2.11. The summed E-state index contributed by atoms with van der Waals surface area (Å²) in [4.78, 5) is 10.9. The van der Waals surface area contributed by atoms with E-state index in [2.05, 4.69) is 15.9 Å². The van der Waals surface area contributed by atoms with Gasteiger partial charge in [0, 0.05) is 5.56 Å². The maximum Gasteiger partial charge on any atom is 0.372 e. The quantitative estimate of drug-likeness (QED) is 0.899. The number of ether oxygens (including phenoxy) is 2. The molecule has 2 rings (SSSR count). The summed E-state index contributed by atoms with van der Waals surface area (Å²) in [5, 5.41) is 8.93. The minimum atomic E-state index is -1.09. The molecule has 1 aromatic heterocycles. The summed E-state index contributed by atoms with van der Waals surface area (Å²) in [6.07, 6.45) is 0. The lowest BCUT2D eigenvalue weighted by Crippen LogP contribution is -1.98. The molecule has 0 aliphatic rings. The first kappa shape index (κ1) is 14.5. The van der Waals surface area contributed by atoms with Crippen molar-refractivity contribution in [2.75, 3.05) is 7.11 Å². The van der Waals surface area contributed by atoms with Crippen LogP contribution >= 0.6 is 15.9 Å². The van der Waals surface area contributed by atoms with Crippen molar-refractivity contribution >= 4 is 21.9 Å². The van der Waals surface area contributed by atoms with E-state index in [4.69, 9.17) is 19.0 Å². The molecule has 0 aliphatic heterocycles. The second-order valence-electron chi connectivity index (χ2n) is 4.09. The second-order valence-corrected chi connectivity index (χ2v) is 4.94. The van der Waals surface area contributed by atoms with Crippen LogP contribution in [-0.4, -0.2) is 18.2 Å². The van der Waals surface area contributed by atoms with Gasteiger partial charge in [0.15, 0.2) is 11.5 Å². The van der Waals surface area contributed by atoms with Gasteiger partial charge in [0.25, 0.3) is 0 Å². The van der Waals surface area contributed by atoms with Crippen molar-refractivity contribution in [1.29, 1.82) is 0 Å². The number of carbonyl (C=O) groups is 1. The van der Waals surface area contributed by atoms with Crippen molar-refractivity contribution < 1.29 is 23.8 Å². The van der Waals surface area contributed by atoms with Gasteiger partial charge in [-0.15, -0.1) is 0 Å². The van der Waals surface area contributed by atoms with Crippen LogP contribution in [0.15, 0.2) is 33.2 Å². The number of methoxy groups -OCH3 is 1. The first-order valence-corrected chi connectivity index (χ1v) is 6.60. The maximum atomic E-state index is 10.9. The SMILES string of the molecule is COc1cccc(Br)c1OCc1cc(C)c(C(=O)O)o1. The molecule has 0 saturated heterocycles. The number of benzene rings is 1. The van der Waals surface area contributed by atoms with Crippen LogP contribution in [-0.2, 0) is 6.61 Å². The summed E-state index contributed by atoms with van der Waals surface area (Å²) in [7, 11) is 1.55. The molecule has 6 heteroatoms. The van der Waals surface area contributed by atoms with Crippen molar-refractivity contribution in [3.8, 4) is 11.5 Å². The topological polar surface area (TPSA) is 68.9 Å². The minimum absolute atomic E-state index is 0.0670. The number of furan rings is 1. The normalized spacial score (nSPS) is 10.3. The number of rotatable bonds is 5. The molecule has 106 valence electrons. The highest BCUT2D eigenvalue weighted by atomic mass is 79.9. The van der Waals surface area contributed by atoms with Gasteiger partial charge in [-0.3, -0.25) is 0 Å². The highest BCUT2D eigenvalue weighted by molar-refractivity contribution is 9.10. The Bertz CT molecular complexity index is 632. The van der Waals surface area contributed by atoms with E-state index in [1.54, 1.807) is 26.2 Å². The van der Waals surface area contributed by atoms with Crippen LogP contribution in [0.2, 0.25) is 0 Å². The molecule has 0 radical (unpaired) electrons. The second kappa shape index (κ2) is 6.00. The Labute approximate surface area is 124 Å². The van der Waals surface area contributed by atoms with E-state index in [0.717, 1.165) is 4.47 Å². The van der Waals surface area contributed by atoms with Crippen LogP contribution in [0.5, 0.6) is 11.5 Å². The van der Waals surface area contributed by atoms with Crippen molar-refractivity contribution in [1.82, 2.24) is 0 Å². The standard InChI is InChI=1S/C14H13BrO5/c1-8-6-9(20-12(8)14(16)17)7-19-13-10(15)4-3-5-11(13)18-2/h3-6H,7H2,1-2H3,(H,16,17). The first-order chi connectivity index (χ1) is 9.52. The molecule has 1 aromatic carbocycles. The van der Waals surface area contributed by atoms with Crippen LogP contribution < -0.4 is 9.47 Å². The van der Waals surface area contributed by atoms with E-state index in [9.17, 15) is 4.79 Å². The van der Waals surface area contributed by atoms with E-state index in [1.165, 1.54) is 0 Å². The zero-order valence-electron chi connectivity index (χ0n) is 11.0. The molecule has 0 saturated carbocycles. The Morgan fingerprint density at radius 2 is 2.20 bits per heavy atom. The third kappa shape index (κ3) is 2.96. The number of aromatic carboxylic acids is 1. The third-order valence-corrected chi connectivity index (χ3v) is 3.30. The van der Waals surface area contributed by atoms with Crippen LogP contribution in [0, 0.1) is 6.92 Å². The Morgan fingerprint density at radius 1 is 1.45 bits per heavy atom. The summed E-state index contributed by atoms with van der Waals surface area (Å²) in [6, 6.07) is 7.08. The molecule has 0 aliphatic carbocycles.